The molecule has 0 spiro atoms. The average Bonchev–Trinajstić information content (AvgIpc) is 3.12. The van der Waals surface area contributed by atoms with Crippen molar-refractivity contribution in [2.45, 2.75) is 0 Å². The molecule has 0 saturated carbocycles. The number of non-ortho nitro benzene ring substituents is 1. The molecule has 1 aromatic heterocycles. The standard InChI is InChI=1S/C18H15N3O5/c22-21(23)15-5-4-14(18-13(15)2-1-7-20-18)19-8-9-24-12-3-6-16-17(10-12)26-11-25-16/h1-7,10,19H,8-9,11H2. The molecule has 26 heavy (non-hydrogen) atoms. The molecular weight excluding hydrogens is 338 g/mol. The van der Waals surface area contributed by atoms with Crippen molar-refractivity contribution in [1.29, 1.82) is 0 Å². The monoisotopic (exact) mass is 353 g/mol. The van der Waals surface area contributed by atoms with Crippen molar-refractivity contribution >= 4 is 22.3 Å². The highest BCUT2D eigenvalue weighted by atomic mass is 16.7. The molecule has 0 fully saturated rings. The lowest BCUT2D eigenvalue weighted by Gasteiger charge is -2.11. The van der Waals surface area contributed by atoms with Crippen LogP contribution in [0.3, 0.4) is 0 Å². The number of nitrogens with zero attached hydrogens (tertiary/aromatic N) is 2. The zero-order valence-corrected chi connectivity index (χ0v) is 13.7. The molecule has 1 aliphatic rings. The number of aromatic nitrogens is 1. The van der Waals surface area contributed by atoms with Crippen molar-refractivity contribution in [3.05, 3.63) is 58.8 Å². The largest absolute Gasteiger partial charge is 0.492 e. The maximum Gasteiger partial charge on any atom is 0.278 e. The van der Waals surface area contributed by atoms with E-state index in [1.54, 1.807) is 36.5 Å². The van der Waals surface area contributed by atoms with Crippen LogP contribution in [0.15, 0.2) is 48.7 Å². The Balaban J connectivity index is 1.42. The minimum atomic E-state index is -0.406. The Hall–Kier alpha value is -3.55. The number of benzene rings is 2. The van der Waals surface area contributed by atoms with Gasteiger partial charge in [-0.25, -0.2) is 0 Å². The zero-order valence-electron chi connectivity index (χ0n) is 13.7. The summed E-state index contributed by atoms with van der Waals surface area (Å²) in [7, 11) is 0. The molecule has 3 aromatic rings. The summed E-state index contributed by atoms with van der Waals surface area (Å²) in [6, 6.07) is 11.9. The summed E-state index contributed by atoms with van der Waals surface area (Å²) in [6.45, 7) is 1.14. The molecule has 0 bridgehead atoms. The van der Waals surface area contributed by atoms with Crippen molar-refractivity contribution in [3.8, 4) is 17.2 Å². The molecule has 132 valence electrons. The fourth-order valence-corrected chi connectivity index (χ4v) is 2.78. The van der Waals surface area contributed by atoms with E-state index in [9.17, 15) is 10.1 Å². The number of fused-ring (bicyclic) bond motifs is 2. The molecule has 1 N–H and O–H groups in total. The predicted octanol–water partition coefficient (Wildman–Crippen LogP) is 3.36. The van der Waals surface area contributed by atoms with Crippen molar-refractivity contribution in [2.24, 2.45) is 0 Å². The Kier molecular flexibility index (Phi) is 4.14. The highest BCUT2D eigenvalue weighted by molar-refractivity contribution is 5.96. The van der Waals surface area contributed by atoms with Crippen LogP contribution < -0.4 is 19.5 Å². The van der Waals surface area contributed by atoms with Gasteiger partial charge in [0.15, 0.2) is 11.5 Å². The topological polar surface area (TPSA) is 95.8 Å². The van der Waals surface area contributed by atoms with E-state index in [4.69, 9.17) is 14.2 Å². The maximum atomic E-state index is 11.1. The first-order valence-corrected chi connectivity index (χ1v) is 8.01. The molecule has 2 aromatic carbocycles. The number of hydrogen-bond acceptors (Lipinski definition) is 7. The molecule has 8 nitrogen and oxygen atoms in total. The molecule has 0 saturated heterocycles. The molecule has 2 heterocycles. The summed E-state index contributed by atoms with van der Waals surface area (Å²) >= 11 is 0. The van der Waals surface area contributed by atoms with Crippen LogP contribution in [0.1, 0.15) is 0 Å². The number of pyridine rings is 1. The van der Waals surface area contributed by atoms with Gasteiger partial charge >= 0.3 is 0 Å². The molecule has 0 atom stereocenters. The Bertz CT molecular complexity index is 976. The zero-order chi connectivity index (χ0) is 17.9. The highest BCUT2D eigenvalue weighted by Gasteiger charge is 2.15. The molecule has 8 heteroatoms. The normalized spacial score (nSPS) is 12.2. The van der Waals surface area contributed by atoms with Gasteiger partial charge in [0.1, 0.15) is 17.9 Å². The number of hydrogen-bond donors (Lipinski definition) is 1. The molecule has 0 radical (unpaired) electrons. The summed E-state index contributed by atoms with van der Waals surface area (Å²) in [5, 5.41) is 14.9. The van der Waals surface area contributed by atoms with E-state index in [2.05, 4.69) is 10.3 Å². The molecule has 4 rings (SSSR count). The van der Waals surface area contributed by atoms with Crippen LogP contribution in [0.4, 0.5) is 11.4 Å². The predicted molar refractivity (Wildman–Crippen MR) is 94.9 cm³/mol. The minimum Gasteiger partial charge on any atom is -0.492 e. The first-order chi connectivity index (χ1) is 12.7. The van der Waals surface area contributed by atoms with E-state index in [0.29, 0.717) is 41.3 Å². The van der Waals surface area contributed by atoms with Crippen LogP contribution >= 0.6 is 0 Å². The van der Waals surface area contributed by atoms with Crippen LogP contribution in [-0.4, -0.2) is 29.9 Å². The molecule has 0 unspecified atom stereocenters. The number of anilines is 1. The summed E-state index contributed by atoms with van der Waals surface area (Å²) in [6.07, 6.45) is 1.61. The molecule has 0 aliphatic carbocycles. The van der Waals surface area contributed by atoms with Crippen LogP contribution in [0.25, 0.3) is 10.9 Å². The number of nitro benzene ring substituents is 1. The second-order valence-corrected chi connectivity index (χ2v) is 5.58. The van der Waals surface area contributed by atoms with Gasteiger partial charge < -0.3 is 19.5 Å². The van der Waals surface area contributed by atoms with E-state index < -0.39 is 4.92 Å². The van der Waals surface area contributed by atoms with Crippen LogP contribution in [0, 0.1) is 10.1 Å². The third-order valence-electron chi connectivity index (χ3n) is 3.97. The first-order valence-electron chi connectivity index (χ1n) is 8.01. The smallest absolute Gasteiger partial charge is 0.278 e. The lowest BCUT2D eigenvalue weighted by atomic mass is 10.1. The second-order valence-electron chi connectivity index (χ2n) is 5.58. The van der Waals surface area contributed by atoms with Crippen LogP contribution in [-0.2, 0) is 0 Å². The summed E-state index contributed by atoms with van der Waals surface area (Å²) in [4.78, 5) is 15.0. The number of ether oxygens (including phenoxy) is 3. The van der Waals surface area contributed by atoms with Crippen molar-refractivity contribution in [2.75, 3.05) is 25.3 Å². The van der Waals surface area contributed by atoms with Gasteiger partial charge in [-0.05, 0) is 30.3 Å². The Morgan fingerprint density at radius 3 is 2.96 bits per heavy atom. The lowest BCUT2D eigenvalue weighted by Crippen LogP contribution is -2.12. The van der Waals surface area contributed by atoms with Gasteiger partial charge in [-0.15, -0.1) is 0 Å². The summed E-state index contributed by atoms with van der Waals surface area (Å²) < 4.78 is 16.3. The van der Waals surface area contributed by atoms with Gasteiger partial charge in [-0.3, -0.25) is 15.1 Å². The molecule has 0 amide bonds. The highest BCUT2D eigenvalue weighted by Crippen LogP contribution is 2.35. The van der Waals surface area contributed by atoms with Crippen molar-refractivity contribution in [3.63, 3.8) is 0 Å². The van der Waals surface area contributed by atoms with Crippen molar-refractivity contribution < 1.29 is 19.1 Å². The maximum absolute atomic E-state index is 11.1. The third-order valence-corrected chi connectivity index (χ3v) is 3.97. The first kappa shape index (κ1) is 15.9. The van der Waals surface area contributed by atoms with Crippen molar-refractivity contribution in [1.82, 2.24) is 4.98 Å². The third kappa shape index (κ3) is 3.04. The SMILES string of the molecule is O=[N+]([O-])c1ccc(NCCOc2ccc3c(c2)OCO3)c2ncccc12. The van der Waals surface area contributed by atoms with E-state index in [1.165, 1.54) is 6.07 Å². The Morgan fingerprint density at radius 1 is 1.19 bits per heavy atom. The van der Waals surface area contributed by atoms with Crippen LogP contribution in [0.2, 0.25) is 0 Å². The quantitative estimate of drug-likeness (QED) is 0.412. The number of nitrogens with one attached hydrogen (secondary N) is 1. The summed E-state index contributed by atoms with van der Waals surface area (Å²) in [5.41, 5.74) is 1.32. The Labute approximate surface area is 148 Å². The van der Waals surface area contributed by atoms with Gasteiger partial charge in [-0.2, -0.15) is 0 Å². The van der Waals surface area contributed by atoms with Crippen LogP contribution in [0.5, 0.6) is 17.2 Å². The van der Waals surface area contributed by atoms with E-state index in [0.717, 1.165) is 5.69 Å². The summed E-state index contributed by atoms with van der Waals surface area (Å²) in [5.74, 6) is 2.06. The number of nitro groups is 1. The van der Waals surface area contributed by atoms with Gasteiger partial charge in [0.2, 0.25) is 6.79 Å². The minimum absolute atomic E-state index is 0.0373. The fraction of sp³-hybridized carbons (Fsp3) is 0.167. The van der Waals surface area contributed by atoms with Gasteiger partial charge in [0.05, 0.1) is 16.0 Å². The van der Waals surface area contributed by atoms with Gasteiger partial charge in [0, 0.05) is 24.9 Å². The lowest BCUT2D eigenvalue weighted by molar-refractivity contribution is -0.383. The second kappa shape index (κ2) is 6.75. The number of rotatable bonds is 6. The molecule has 1 aliphatic heterocycles. The van der Waals surface area contributed by atoms with E-state index in [1.807, 2.05) is 6.07 Å². The molecular formula is C18H15N3O5. The Morgan fingerprint density at radius 2 is 2.08 bits per heavy atom. The van der Waals surface area contributed by atoms with Gasteiger partial charge in [-0.1, -0.05) is 0 Å². The van der Waals surface area contributed by atoms with E-state index >= 15 is 0 Å². The fourth-order valence-electron chi connectivity index (χ4n) is 2.78. The van der Waals surface area contributed by atoms with Gasteiger partial charge in [0.25, 0.3) is 5.69 Å². The van der Waals surface area contributed by atoms with E-state index in [-0.39, 0.29) is 12.5 Å². The average molecular weight is 353 g/mol.